The first kappa shape index (κ1) is 32.3. The number of rotatable bonds is 5. The number of fused-ring (bicyclic) bond motifs is 9. The molecule has 266 valence electrons. The quantitative estimate of drug-likeness (QED) is 0.175. The van der Waals surface area contributed by atoms with Gasteiger partial charge in [-0.05, 0) is 47.5 Å². The van der Waals surface area contributed by atoms with Gasteiger partial charge in [-0.3, -0.25) is 0 Å². The molecular formula is C51H29N3OS2. The summed E-state index contributed by atoms with van der Waals surface area (Å²) in [4.78, 5) is 15.0. The monoisotopic (exact) mass is 763 g/mol. The van der Waals surface area contributed by atoms with Crippen LogP contribution < -0.4 is 0 Å². The first-order valence-electron chi connectivity index (χ1n) is 18.9. The minimum absolute atomic E-state index is 0.569. The second-order valence-electron chi connectivity index (χ2n) is 14.3. The third-order valence-corrected chi connectivity index (χ3v) is 13.3. The Kier molecular flexibility index (Phi) is 7.24. The normalized spacial score (nSPS) is 11.9. The van der Waals surface area contributed by atoms with E-state index in [1.165, 1.54) is 51.5 Å². The Balaban J connectivity index is 1.08. The van der Waals surface area contributed by atoms with E-state index in [9.17, 15) is 0 Å². The summed E-state index contributed by atoms with van der Waals surface area (Å²) in [6.45, 7) is 0. The Morgan fingerprint density at radius 1 is 0.316 bits per heavy atom. The zero-order valence-corrected chi connectivity index (χ0v) is 31.9. The average molecular weight is 764 g/mol. The van der Waals surface area contributed by atoms with Crippen LogP contribution in [0.2, 0.25) is 0 Å². The Labute approximate surface area is 335 Å². The highest BCUT2D eigenvalue weighted by Crippen LogP contribution is 2.46. The van der Waals surface area contributed by atoms with E-state index in [4.69, 9.17) is 19.4 Å². The van der Waals surface area contributed by atoms with Gasteiger partial charge in [0.05, 0.1) is 5.56 Å². The van der Waals surface area contributed by atoms with Crippen LogP contribution in [0.1, 0.15) is 0 Å². The van der Waals surface area contributed by atoms with Crippen LogP contribution in [-0.2, 0) is 0 Å². The van der Waals surface area contributed by atoms with Crippen molar-refractivity contribution in [1.82, 2.24) is 15.0 Å². The van der Waals surface area contributed by atoms with E-state index in [0.29, 0.717) is 17.5 Å². The molecule has 0 aliphatic rings. The van der Waals surface area contributed by atoms with E-state index in [0.717, 1.165) is 49.8 Å². The molecule has 0 aliphatic heterocycles. The largest absolute Gasteiger partial charge is 0.455 e. The van der Waals surface area contributed by atoms with E-state index in [1.807, 2.05) is 83.3 Å². The highest BCUT2D eigenvalue weighted by atomic mass is 32.1. The van der Waals surface area contributed by atoms with Gasteiger partial charge in [-0.2, -0.15) is 0 Å². The van der Waals surface area contributed by atoms with Gasteiger partial charge in [0.25, 0.3) is 0 Å². The Morgan fingerprint density at radius 3 is 1.56 bits per heavy atom. The second kappa shape index (κ2) is 12.8. The predicted octanol–water partition coefficient (Wildman–Crippen LogP) is 14.8. The minimum atomic E-state index is 0.569. The summed E-state index contributed by atoms with van der Waals surface area (Å²) in [6.07, 6.45) is 0. The minimum Gasteiger partial charge on any atom is -0.455 e. The number of aromatic nitrogens is 3. The van der Waals surface area contributed by atoms with E-state index in [2.05, 4.69) is 115 Å². The molecule has 8 aromatic carbocycles. The predicted molar refractivity (Wildman–Crippen MR) is 240 cm³/mol. The molecule has 0 atom stereocenters. The molecule has 0 radical (unpaired) electrons. The second-order valence-corrected chi connectivity index (χ2v) is 16.4. The molecule has 0 saturated heterocycles. The summed E-state index contributed by atoms with van der Waals surface area (Å²) < 4.78 is 12.2. The van der Waals surface area contributed by atoms with Crippen molar-refractivity contribution in [1.29, 1.82) is 0 Å². The molecule has 12 rings (SSSR count). The lowest BCUT2D eigenvalue weighted by Crippen LogP contribution is -2.00. The highest BCUT2D eigenvalue weighted by molar-refractivity contribution is 7.26. The molecule has 4 aromatic heterocycles. The van der Waals surface area contributed by atoms with E-state index in [-0.39, 0.29) is 0 Å². The molecule has 0 fully saturated rings. The van der Waals surface area contributed by atoms with Crippen LogP contribution >= 0.6 is 22.7 Å². The molecule has 0 unspecified atom stereocenters. The SMILES string of the molecule is c1ccc(-c2nc(-c3ccccc3)nc(-c3cccc4c3oc3c(-c5cc(-c6ccc7c(c6)sc6ccccc67)c6sc7ccccc7c6c5)cccc34)n2)cc1. The van der Waals surface area contributed by atoms with Gasteiger partial charge in [0, 0.05) is 73.4 Å². The fourth-order valence-electron chi connectivity index (χ4n) is 8.24. The lowest BCUT2D eigenvalue weighted by Gasteiger charge is -2.10. The maximum Gasteiger partial charge on any atom is 0.167 e. The summed E-state index contributed by atoms with van der Waals surface area (Å²) in [5.41, 5.74) is 8.86. The zero-order valence-electron chi connectivity index (χ0n) is 30.3. The summed E-state index contributed by atoms with van der Waals surface area (Å²) in [7, 11) is 0. The number of nitrogens with zero attached hydrogens (tertiary/aromatic N) is 3. The molecule has 0 N–H and O–H groups in total. The van der Waals surface area contributed by atoms with Crippen molar-refractivity contribution in [3.8, 4) is 56.4 Å². The van der Waals surface area contributed by atoms with E-state index < -0.39 is 0 Å². The molecule has 4 nitrogen and oxygen atoms in total. The summed E-state index contributed by atoms with van der Waals surface area (Å²) in [5.74, 6) is 1.80. The van der Waals surface area contributed by atoms with Crippen molar-refractivity contribution >= 4 is 85.0 Å². The summed E-state index contributed by atoms with van der Waals surface area (Å²) in [6, 6.07) is 62.0. The fourth-order valence-corrected chi connectivity index (χ4v) is 10.6. The molecular weight excluding hydrogens is 735 g/mol. The highest BCUT2D eigenvalue weighted by Gasteiger charge is 2.21. The van der Waals surface area contributed by atoms with Crippen molar-refractivity contribution in [3.05, 3.63) is 176 Å². The smallest absolute Gasteiger partial charge is 0.167 e. The molecule has 4 heterocycles. The molecule has 6 heteroatoms. The first-order valence-corrected chi connectivity index (χ1v) is 20.6. The zero-order chi connectivity index (χ0) is 37.5. The van der Waals surface area contributed by atoms with Crippen molar-refractivity contribution in [3.63, 3.8) is 0 Å². The van der Waals surface area contributed by atoms with Crippen molar-refractivity contribution < 1.29 is 4.42 Å². The molecule has 0 aliphatic carbocycles. The third kappa shape index (κ3) is 5.22. The maximum atomic E-state index is 7.04. The van der Waals surface area contributed by atoms with E-state index >= 15 is 0 Å². The first-order chi connectivity index (χ1) is 28.2. The maximum absolute atomic E-state index is 7.04. The molecule has 0 bridgehead atoms. The Bertz CT molecular complexity index is 3470. The lowest BCUT2D eigenvalue weighted by atomic mass is 9.94. The van der Waals surface area contributed by atoms with Gasteiger partial charge in [0.1, 0.15) is 11.2 Å². The summed E-state index contributed by atoms with van der Waals surface area (Å²) >= 11 is 3.72. The number of furan rings is 1. The van der Waals surface area contributed by atoms with Crippen LogP contribution in [0.25, 0.3) is 119 Å². The number of hydrogen-bond donors (Lipinski definition) is 0. The molecule has 0 amide bonds. The summed E-state index contributed by atoms with van der Waals surface area (Å²) in [5, 5.41) is 7.20. The van der Waals surface area contributed by atoms with Gasteiger partial charge < -0.3 is 4.42 Å². The Morgan fingerprint density at radius 2 is 0.860 bits per heavy atom. The molecule has 0 saturated carbocycles. The number of benzene rings is 8. The Hall–Kier alpha value is -6.99. The van der Waals surface area contributed by atoms with Crippen LogP contribution in [0.15, 0.2) is 180 Å². The van der Waals surface area contributed by atoms with Crippen LogP contribution in [0.5, 0.6) is 0 Å². The lowest BCUT2D eigenvalue weighted by molar-refractivity contribution is 0.670. The number of thiophene rings is 2. The number of hydrogen-bond acceptors (Lipinski definition) is 6. The molecule has 57 heavy (non-hydrogen) atoms. The molecule has 0 spiro atoms. The third-order valence-electron chi connectivity index (χ3n) is 10.9. The van der Waals surface area contributed by atoms with Crippen LogP contribution in [0.3, 0.4) is 0 Å². The van der Waals surface area contributed by atoms with Crippen molar-refractivity contribution in [2.45, 2.75) is 0 Å². The van der Waals surface area contributed by atoms with Gasteiger partial charge in [0.15, 0.2) is 17.5 Å². The number of para-hydroxylation sites is 2. The fraction of sp³-hybridized carbons (Fsp3) is 0. The van der Waals surface area contributed by atoms with Crippen molar-refractivity contribution in [2.24, 2.45) is 0 Å². The van der Waals surface area contributed by atoms with Crippen LogP contribution in [-0.4, -0.2) is 15.0 Å². The van der Waals surface area contributed by atoms with Gasteiger partial charge in [-0.1, -0.05) is 140 Å². The van der Waals surface area contributed by atoms with Gasteiger partial charge in [-0.25, -0.2) is 15.0 Å². The molecule has 12 aromatic rings. The van der Waals surface area contributed by atoms with Crippen LogP contribution in [0.4, 0.5) is 0 Å². The topological polar surface area (TPSA) is 51.8 Å². The standard InChI is InChI=1S/C51H29N3OS2/c1-3-13-30(14-4-1)49-52-50(31-15-5-2-6-16-31)54-51(53-49)40-22-12-21-39-38-20-11-19-34(46(38)55-47(39)40)33-27-41(48-42(28-33)36-18-8-10-24-44(36)57-48)32-25-26-37-35-17-7-9-23-43(35)56-45(37)29-32/h1-29H. The average Bonchev–Trinajstić information content (AvgIpc) is 3.97. The van der Waals surface area contributed by atoms with E-state index in [1.54, 1.807) is 0 Å². The van der Waals surface area contributed by atoms with Gasteiger partial charge >= 0.3 is 0 Å². The van der Waals surface area contributed by atoms with Crippen LogP contribution in [0, 0.1) is 0 Å². The van der Waals surface area contributed by atoms with Gasteiger partial charge in [-0.15, -0.1) is 22.7 Å². The van der Waals surface area contributed by atoms with Gasteiger partial charge in [0.2, 0.25) is 0 Å². The van der Waals surface area contributed by atoms with Crippen molar-refractivity contribution in [2.75, 3.05) is 0 Å².